The molecular formula is C41H43N3O8. The van der Waals surface area contributed by atoms with Gasteiger partial charge in [-0.1, -0.05) is 91.0 Å². The van der Waals surface area contributed by atoms with Gasteiger partial charge in [-0.15, -0.1) is 0 Å². The van der Waals surface area contributed by atoms with Gasteiger partial charge in [0.25, 0.3) is 5.91 Å². The molecule has 4 aromatic carbocycles. The van der Waals surface area contributed by atoms with Crippen LogP contribution in [0.3, 0.4) is 0 Å². The van der Waals surface area contributed by atoms with E-state index in [9.17, 15) is 19.5 Å². The highest BCUT2D eigenvalue weighted by Gasteiger charge is 2.40. The highest BCUT2D eigenvalue weighted by atomic mass is 16.7. The van der Waals surface area contributed by atoms with Crippen molar-refractivity contribution in [3.8, 4) is 11.1 Å². The Morgan fingerprint density at radius 1 is 0.808 bits per heavy atom. The molecule has 0 aromatic heterocycles. The lowest BCUT2D eigenvalue weighted by Crippen LogP contribution is -2.44. The molecule has 270 valence electrons. The Kier molecular flexibility index (Phi) is 11.3. The standard InChI is InChI=1S/C41H43N3O8/c45-26-28-12-14-31(15-13-28)37-22-35(25-43-16-18-49-19-17-43)51-40(52-37)34-11-5-10-33(21-34)32-9-4-8-30(20-32)24-44-38(46)23-36(39(44)47)42-41(48)50-27-29-6-2-1-3-7-29/h1-15,20-21,35-37,40,45H,16-19,22-27H2,(H,42,48)/t35-,36?,37+,40+/m1/s1. The summed E-state index contributed by atoms with van der Waals surface area (Å²) >= 11 is 0. The van der Waals surface area contributed by atoms with Gasteiger partial charge in [0.05, 0.1) is 45.0 Å². The molecule has 3 fully saturated rings. The quantitative estimate of drug-likeness (QED) is 0.201. The monoisotopic (exact) mass is 705 g/mol. The molecule has 3 heterocycles. The van der Waals surface area contributed by atoms with Gasteiger partial charge in [-0.05, 0) is 45.5 Å². The SMILES string of the molecule is O=C(NC1CC(=O)N(Cc2cccc(-c3cccc([C@H]4O[C@@H](CN5CCOCC5)C[C@@H](c5ccc(CO)cc5)O4)c3)c2)C1=O)OCc1ccccc1. The number of nitrogens with one attached hydrogen (secondary N) is 1. The van der Waals surface area contributed by atoms with Crippen molar-refractivity contribution in [3.05, 3.63) is 131 Å². The fourth-order valence-corrected chi connectivity index (χ4v) is 6.87. The average molecular weight is 706 g/mol. The third kappa shape index (κ3) is 8.75. The summed E-state index contributed by atoms with van der Waals surface area (Å²) in [4.78, 5) is 42.1. The number of likely N-dealkylation sites (tertiary alicyclic amines) is 1. The number of morpholine rings is 1. The molecule has 4 atom stereocenters. The Morgan fingerprint density at radius 3 is 2.31 bits per heavy atom. The Bertz CT molecular complexity index is 1850. The number of hydrogen-bond donors (Lipinski definition) is 2. The van der Waals surface area contributed by atoms with Crippen molar-refractivity contribution in [1.82, 2.24) is 15.1 Å². The van der Waals surface area contributed by atoms with Crippen molar-refractivity contribution in [1.29, 1.82) is 0 Å². The van der Waals surface area contributed by atoms with Crippen LogP contribution in [0.15, 0.2) is 103 Å². The third-order valence-electron chi connectivity index (χ3n) is 9.69. The molecule has 3 aliphatic rings. The number of alkyl carbamates (subject to hydrolysis) is 1. The Balaban J connectivity index is 1.03. The van der Waals surface area contributed by atoms with E-state index in [1.54, 1.807) is 0 Å². The van der Waals surface area contributed by atoms with Crippen molar-refractivity contribution in [3.63, 3.8) is 0 Å². The first-order valence-corrected chi connectivity index (χ1v) is 17.7. The average Bonchev–Trinajstić information content (AvgIpc) is 3.45. The molecule has 4 aromatic rings. The second-order valence-corrected chi connectivity index (χ2v) is 13.4. The zero-order chi connectivity index (χ0) is 35.9. The number of ether oxygens (including phenoxy) is 4. The van der Waals surface area contributed by atoms with Gasteiger partial charge in [-0.25, -0.2) is 4.79 Å². The Hall–Kier alpha value is -4.91. The van der Waals surface area contributed by atoms with Gasteiger partial charge in [0.1, 0.15) is 12.6 Å². The molecule has 3 amide bonds. The van der Waals surface area contributed by atoms with Crippen molar-refractivity contribution in [2.24, 2.45) is 0 Å². The molecule has 11 nitrogen and oxygen atoms in total. The molecule has 52 heavy (non-hydrogen) atoms. The number of aliphatic hydroxyl groups excluding tert-OH is 1. The Morgan fingerprint density at radius 2 is 1.54 bits per heavy atom. The van der Waals surface area contributed by atoms with E-state index in [-0.39, 0.29) is 44.3 Å². The van der Waals surface area contributed by atoms with Crippen LogP contribution in [0.2, 0.25) is 0 Å². The van der Waals surface area contributed by atoms with Crippen molar-refractivity contribution in [2.75, 3.05) is 32.8 Å². The van der Waals surface area contributed by atoms with Crippen LogP contribution in [0.4, 0.5) is 4.79 Å². The maximum Gasteiger partial charge on any atom is 0.408 e. The second kappa shape index (κ2) is 16.6. The molecule has 11 heteroatoms. The van der Waals surface area contributed by atoms with Gasteiger partial charge in [0, 0.05) is 31.6 Å². The topological polar surface area (TPSA) is 127 Å². The summed E-state index contributed by atoms with van der Waals surface area (Å²) in [6.45, 7) is 4.04. The van der Waals surface area contributed by atoms with Crippen LogP contribution in [0.25, 0.3) is 11.1 Å². The fourth-order valence-electron chi connectivity index (χ4n) is 6.87. The number of imide groups is 1. The molecule has 0 bridgehead atoms. The first kappa shape index (κ1) is 35.5. The van der Waals surface area contributed by atoms with Gasteiger partial charge in [-0.3, -0.25) is 19.4 Å². The molecule has 3 saturated heterocycles. The van der Waals surface area contributed by atoms with E-state index < -0.39 is 24.3 Å². The van der Waals surface area contributed by atoms with Crippen LogP contribution in [0, 0.1) is 0 Å². The number of amides is 3. The second-order valence-electron chi connectivity index (χ2n) is 13.4. The summed E-state index contributed by atoms with van der Waals surface area (Å²) in [5.41, 5.74) is 6.21. The zero-order valence-electron chi connectivity index (χ0n) is 28.9. The third-order valence-corrected chi connectivity index (χ3v) is 9.69. The Labute approximate surface area is 303 Å². The highest BCUT2D eigenvalue weighted by molar-refractivity contribution is 6.06. The van der Waals surface area contributed by atoms with Crippen molar-refractivity contribution >= 4 is 17.9 Å². The van der Waals surface area contributed by atoms with Crippen LogP contribution in [-0.2, 0) is 48.3 Å². The maximum atomic E-state index is 13.2. The van der Waals surface area contributed by atoms with E-state index in [1.807, 2.05) is 97.1 Å². The number of benzene rings is 4. The lowest BCUT2D eigenvalue weighted by molar-refractivity contribution is -0.253. The maximum absolute atomic E-state index is 13.2. The van der Waals surface area contributed by atoms with Crippen molar-refractivity contribution < 1.29 is 38.4 Å². The predicted molar refractivity (Wildman–Crippen MR) is 191 cm³/mol. The summed E-state index contributed by atoms with van der Waals surface area (Å²) in [5.74, 6) is -0.822. The number of hydrogen-bond acceptors (Lipinski definition) is 9. The summed E-state index contributed by atoms with van der Waals surface area (Å²) in [7, 11) is 0. The van der Waals surface area contributed by atoms with Gasteiger partial charge in [-0.2, -0.15) is 0 Å². The first-order valence-electron chi connectivity index (χ1n) is 17.7. The van der Waals surface area contributed by atoms with E-state index in [2.05, 4.69) is 16.3 Å². The van der Waals surface area contributed by atoms with E-state index in [0.717, 1.165) is 58.6 Å². The molecule has 0 aliphatic carbocycles. The minimum absolute atomic E-state index is 0.0143. The largest absolute Gasteiger partial charge is 0.445 e. The lowest BCUT2D eigenvalue weighted by Gasteiger charge is -2.39. The summed E-state index contributed by atoms with van der Waals surface area (Å²) < 4.78 is 24.0. The summed E-state index contributed by atoms with van der Waals surface area (Å²) in [5, 5.41) is 12.1. The fraction of sp³-hybridized carbons (Fsp3) is 0.341. The van der Waals surface area contributed by atoms with Crippen LogP contribution < -0.4 is 5.32 Å². The normalized spacial score (nSPS) is 22.4. The zero-order valence-corrected chi connectivity index (χ0v) is 28.9. The van der Waals surface area contributed by atoms with Crippen LogP contribution >= 0.6 is 0 Å². The van der Waals surface area contributed by atoms with Gasteiger partial charge < -0.3 is 29.4 Å². The van der Waals surface area contributed by atoms with E-state index in [4.69, 9.17) is 18.9 Å². The molecule has 3 aliphatic heterocycles. The van der Waals surface area contributed by atoms with Gasteiger partial charge >= 0.3 is 6.09 Å². The van der Waals surface area contributed by atoms with Gasteiger partial charge in [0.2, 0.25) is 5.91 Å². The molecule has 0 spiro atoms. The smallest absolute Gasteiger partial charge is 0.408 e. The van der Waals surface area contributed by atoms with Crippen LogP contribution in [0.5, 0.6) is 0 Å². The molecule has 7 rings (SSSR count). The molecule has 1 unspecified atom stereocenters. The molecular weight excluding hydrogens is 662 g/mol. The van der Waals surface area contributed by atoms with E-state index in [0.29, 0.717) is 19.6 Å². The number of carbonyl (C=O) groups excluding carboxylic acids is 3. The van der Waals surface area contributed by atoms with Crippen LogP contribution in [-0.4, -0.2) is 77.8 Å². The molecule has 2 N–H and O–H groups in total. The number of carbonyl (C=O) groups is 3. The predicted octanol–water partition coefficient (Wildman–Crippen LogP) is 5.28. The summed E-state index contributed by atoms with van der Waals surface area (Å²) in [6.07, 6.45) is -1.03. The molecule has 0 saturated carbocycles. The number of aliphatic hydroxyl groups is 1. The molecule has 0 radical (unpaired) electrons. The van der Waals surface area contributed by atoms with Crippen molar-refractivity contribution in [2.45, 2.75) is 57.1 Å². The minimum atomic E-state index is -0.977. The van der Waals surface area contributed by atoms with E-state index >= 15 is 0 Å². The first-order chi connectivity index (χ1) is 25.4. The van der Waals surface area contributed by atoms with Gasteiger partial charge in [0.15, 0.2) is 6.29 Å². The van der Waals surface area contributed by atoms with E-state index in [1.165, 1.54) is 4.90 Å². The minimum Gasteiger partial charge on any atom is -0.445 e. The lowest BCUT2D eigenvalue weighted by atomic mass is 9.98. The highest BCUT2D eigenvalue weighted by Crippen LogP contribution is 2.39. The number of nitrogens with zero attached hydrogens (tertiary/aromatic N) is 2. The van der Waals surface area contributed by atoms with Crippen LogP contribution in [0.1, 0.15) is 53.1 Å². The summed E-state index contributed by atoms with van der Waals surface area (Å²) in [6, 6.07) is 31.9. The number of rotatable bonds is 11.